The standard InChI is InChI=1S/C12H16N2O4S.C2HF3O2/c13-9(6-19)11(16)14-10(12(17)18)5-7-1-3-8(15)4-2-7;3-2(4,5)1(6)7/h1-4,9-10,15,19H,5-6,13H2,(H,14,16)(H,17,18);(H,6,7)/t9-,10-;/m0./s1. The minimum atomic E-state index is -5.08. The summed E-state index contributed by atoms with van der Waals surface area (Å²) in [5.74, 6) is -4.23. The molecule has 0 fully saturated rings. The van der Waals surface area contributed by atoms with E-state index in [1.165, 1.54) is 12.1 Å². The predicted octanol–water partition coefficient (Wildman–Crippen LogP) is 0.394. The number of hydrogen-bond donors (Lipinski definition) is 6. The number of aliphatic carboxylic acids is 2. The zero-order valence-electron chi connectivity index (χ0n) is 13.1. The van der Waals surface area contributed by atoms with Crippen LogP contribution in [0.25, 0.3) is 0 Å². The van der Waals surface area contributed by atoms with Gasteiger partial charge in [-0.05, 0) is 17.7 Å². The van der Waals surface area contributed by atoms with Gasteiger partial charge in [0.15, 0.2) is 0 Å². The van der Waals surface area contributed by atoms with E-state index < -0.39 is 36.1 Å². The van der Waals surface area contributed by atoms with Crippen molar-refractivity contribution in [1.82, 2.24) is 5.32 Å². The molecule has 0 saturated carbocycles. The van der Waals surface area contributed by atoms with Gasteiger partial charge in [-0.1, -0.05) is 12.1 Å². The van der Waals surface area contributed by atoms with E-state index in [4.69, 9.17) is 25.8 Å². The molecule has 0 aromatic heterocycles. The average molecular weight is 398 g/mol. The molecule has 0 aliphatic heterocycles. The second kappa shape index (κ2) is 10.5. The number of hydrogen-bond acceptors (Lipinski definition) is 6. The van der Waals surface area contributed by atoms with Crippen LogP contribution in [0.5, 0.6) is 5.75 Å². The number of alkyl halides is 3. The third-order valence-corrected chi connectivity index (χ3v) is 3.16. The molecule has 1 amide bonds. The molecule has 1 aromatic rings. The van der Waals surface area contributed by atoms with Gasteiger partial charge in [-0.2, -0.15) is 25.8 Å². The van der Waals surface area contributed by atoms with Crippen LogP contribution < -0.4 is 11.1 Å². The van der Waals surface area contributed by atoms with Gasteiger partial charge in [0.1, 0.15) is 11.8 Å². The lowest BCUT2D eigenvalue weighted by Crippen LogP contribution is -2.50. The maximum absolute atomic E-state index is 11.5. The van der Waals surface area contributed by atoms with Crippen molar-refractivity contribution < 1.29 is 42.9 Å². The first-order valence-electron chi connectivity index (χ1n) is 6.86. The Bertz CT molecular complexity index is 624. The van der Waals surface area contributed by atoms with Crippen LogP contribution in [-0.4, -0.2) is 57.2 Å². The fourth-order valence-electron chi connectivity index (χ4n) is 1.43. The molecule has 0 radical (unpaired) electrons. The summed E-state index contributed by atoms with van der Waals surface area (Å²) in [6, 6.07) is 4.18. The second-order valence-electron chi connectivity index (χ2n) is 4.86. The Balaban J connectivity index is 0.000000758. The van der Waals surface area contributed by atoms with E-state index >= 15 is 0 Å². The normalized spacial score (nSPS) is 13.0. The van der Waals surface area contributed by atoms with Gasteiger partial charge < -0.3 is 26.4 Å². The molecule has 1 rings (SSSR count). The Morgan fingerprint density at radius 2 is 1.62 bits per heavy atom. The van der Waals surface area contributed by atoms with E-state index in [2.05, 4.69) is 17.9 Å². The largest absolute Gasteiger partial charge is 0.508 e. The van der Waals surface area contributed by atoms with Crippen molar-refractivity contribution in [3.63, 3.8) is 0 Å². The highest BCUT2D eigenvalue weighted by atomic mass is 32.1. The minimum Gasteiger partial charge on any atom is -0.508 e. The van der Waals surface area contributed by atoms with Crippen LogP contribution in [0.2, 0.25) is 0 Å². The first-order valence-corrected chi connectivity index (χ1v) is 7.49. The third-order valence-electron chi connectivity index (χ3n) is 2.77. The molecule has 146 valence electrons. The summed E-state index contributed by atoms with van der Waals surface area (Å²) in [4.78, 5) is 31.5. The van der Waals surface area contributed by atoms with Gasteiger partial charge in [0.2, 0.25) is 5.91 Å². The Labute approximate surface area is 151 Å². The molecule has 0 saturated heterocycles. The van der Waals surface area contributed by atoms with Gasteiger partial charge in [-0.15, -0.1) is 0 Å². The number of carboxylic acid groups (broad SMARTS) is 2. The number of thiol groups is 1. The summed E-state index contributed by atoms with van der Waals surface area (Å²) in [7, 11) is 0. The van der Waals surface area contributed by atoms with Crippen molar-refractivity contribution in [2.75, 3.05) is 5.75 Å². The maximum Gasteiger partial charge on any atom is 0.490 e. The molecular weight excluding hydrogens is 381 g/mol. The monoisotopic (exact) mass is 398 g/mol. The molecule has 0 aliphatic rings. The number of nitrogens with two attached hydrogens (primary N) is 1. The Morgan fingerprint density at radius 1 is 1.15 bits per heavy atom. The molecule has 0 aliphatic carbocycles. The van der Waals surface area contributed by atoms with Crippen LogP contribution in [-0.2, 0) is 20.8 Å². The molecule has 26 heavy (non-hydrogen) atoms. The molecule has 0 heterocycles. The van der Waals surface area contributed by atoms with E-state index in [1.54, 1.807) is 12.1 Å². The van der Waals surface area contributed by atoms with E-state index in [9.17, 15) is 22.8 Å². The number of nitrogens with one attached hydrogen (secondary N) is 1. The summed E-state index contributed by atoms with van der Waals surface area (Å²) in [6.45, 7) is 0. The number of rotatable bonds is 6. The highest BCUT2D eigenvalue weighted by molar-refractivity contribution is 7.80. The van der Waals surface area contributed by atoms with Crippen molar-refractivity contribution >= 4 is 30.5 Å². The summed E-state index contributed by atoms with van der Waals surface area (Å²) in [5.41, 5.74) is 6.15. The van der Waals surface area contributed by atoms with Crippen LogP contribution in [0, 0.1) is 0 Å². The van der Waals surface area contributed by atoms with Crippen LogP contribution in [0.4, 0.5) is 13.2 Å². The average Bonchev–Trinajstić information content (AvgIpc) is 2.54. The van der Waals surface area contributed by atoms with E-state index in [-0.39, 0.29) is 17.9 Å². The number of phenolic OH excluding ortho intramolecular Hbond substituents is 1. The molecule has 12 heteroatoms. The van der Waals surface area contributed by atoms with E-state index in [0.29, 0.717) is 5.56 Å². The van der Waals surface area contributed by atoms with E-state index in [0.717, 1.165) is 0 Å². The van der Waals surface area contributed by atoms with Gasteiger partial charge in [0.25, 0.3) is 0 Å². The lowest BCUT2D eigenvalue weighted by Gasteiger charge is -2.17. The molecular formula is C14H17F3N2O6S. The van der Waals surface area contributed by atoms with Crippen LogP contribution in [0.1, 0.15) is 5.56 Å². The van der Waals surface area contributed by atoms with Crippen molar-refractivity contribution in [3.05, 3.63) is 29.8 Å². The molecule has 6 N–H and O–H groups in total. The zero-order chi connectivity index (χ0) is 20.5. The number of halogens is 3. The van der Waals surface area contributed by atoms with Crippen LogP contribution in [0.15, 0.2) is 24.3 Å². The van der Waals surface area contributed by atoms with Crippen molar-refractivity contribution in [3.8, 4) is 5.75 Å². The second-order valence-corrected chi connectivity index (χ2v) is 5.23. The Kier molecular flexibility index (Phi) is 9.51. The number of carboxylic acids is 2. The smallest absolute Gasteiger partial charge is 0.490 e. The van der Waals surface area contributed by atoms with Gasteiger partial charge >= 0.3 is 18.1 Å². The fraction of sp³-hybridized carbons (Fsp3) is 0.357. The molecule has 2 atom stereocenters. The number of benzene rings is 1. The Morgan fingerprint density at radius 3 is 1.96 bits per heavy atom. The third kappa shape index (κ3) is 9.13. The first kappa shape index (κ1) is 23.5. The van der Waals surface area contributed by atoms with Gasteiger partial charge in [0.05, 0.1) is 6.04 Å². The summed E-state index contributed by atoms with van der Waals surface area (Å²) in [6.07, 6.45) is -4.97. The number of amides is 1. The number of phenols is 1. The quantitative estimate of drug-likeness (QED) is 0.380. The Hall–Kier alpha value is -2.47. The summed E-state index contributed by atoms with van der Waals surface area (Å²) in [5, 5.41) is 27.7. The van der Waals surface area contributed by atoms with Gasteiger partial charge in [0, 0.05) is 12.2 Å². The topological polar surface area (TPSA) is 150 Å². The molecule has 1 aromatic carbocycles. The van der Waals surface area contributed by atoms with Crippen LogP contribution >= 0.6 is 12.6 Å². The highest BCUT2D eigenvalue weighted by Crippen LogP contribution is 2.13. The predicted molar refractivity (Wildman–Crippen MR) is 86.9 cm³/mol. The SMILES string of the molecule is N[C@@H](CS)C(=O)N[C@@H](Cc1ccc(O)cc1)C(=O)O.O=C(O)C(F)(F)F. The van der Waals surface area contributed by atoms with Crippen molar-refractivity contribution in [2.45, 2.75) is 24.7 Å². The molecule has 8 nitrogen and oxygen atoms in total. The van der Waals surface area contributed by atoms with Crippen LogP contribution in [0.3, 0.4) is 0 Å². The van der Waals surface area contributed by atoms with E-state index in [1.807, 2.05) is 0 Å². The number of carbonyl (C=O) groups is 3. The number of aromatic hydroxyl groups is 1. The fourth-order valence-corrected chi connectivity index (χ4v) is 1.60. The lowest BCUT2D eigenvalue weighted by atomic mass is 10.1. The zero-order valence-corrected chi connectivity index (χ0v) is 14.0. The molecule has 0 bridgehead atoms. The highest BCUT2D eigenvalue weighted by Gasteiger charge is 2.38. The van der Waals surface area contributed by atoms with Crippen molar-refractivity contribution in [2.24, 2.45) is 5.73 Å². The van der Waals surface area contributed by atoms with Gasteiger partial charge in [-0.25, -0.2) is 9.59 Å². The van der Waals surface area contributed by atoms with Gasteiger partial charge in [-0.3, -0.25) is 4.79 Å². The molecule has 0 unspecified atom stereocenters. The number of carbonyl (C=O) groups excluding carboxylic acids is 1. The van der Waals surface area contributed by atoms with Crippen molar-refractivity contribution in [1.29, 1.82) is 0 Å². The minimum absolute atomic E-state index is 0.0942. The summed E-state index contributed by atoms with van der Waals surface area (Å²) >= 11 is 3.88. The first-order chi connectivity index (χ1) is 11.9. The maximum atomic E-state index is 11.5. The lowest BCUT2D eigenvalue weighted by molar-refractivity contribution is -0.192. The molecule has 0 spiro atoms. The summed E-state index contributed by atoms with van der Waals surface area (Å²) < 4.78 is 31.7.